The number of benzene rings is 1. The normalized spacial score (nSPS) is 22.2. The minimum atomic E-state index is -0.440. The van der Waals surface area contributed by atoms with Crippen LogP contribution in [-0.2, 0) is 6.42 Å². The maximum atomic E-state index is 10.1. The van der Waals surface area contributed by atoms with Crippen molar-refractivity contribution in [2.75, 3.05) is 39.9 Å². The van der Waals surface area contributed by atoms with Gasteiger partial charge in [0.05, 0.1) is 20.3 Å². The van der Waals surface area contributed by atoms with Crippen molar-refractivity contribution in [3.8, 4) is 11.5 Å². The van der Waals surface area contributed by atoms with Crippen molar-refractivity contribution in [3.05, 3.63) is 23.3 Å². The van der Waals surface area contributed by atoms with E-state index in [4.69, 9.17) is 9.84 Å². The number of aliphatic hydroxyl groups is 2. The van der Waals surface area contributed by atoms with Gasteiger partial charge in [0.25, 0.3) is 0 Å². The number of quaternary nitrogens is 1. The Balaban J connectivity index is 2.03. The zero-order chi connectivity index (χ0) is 16.1. The molecule has 1 aliphatic heterocycles. The van der Waals surface area contributed by atoms with Gasteiger partial charge in [-0.05, 0) is 24.6 Å². The van der Waals surface area contributed by atoms with E-state index in [-0.39, 0.29) is 18.4 Å². The smallest absolute Gasteiger partial charge is 0.161 e. The zero-order valence-corrected chi connectivity index (χ0v) is 13.3. The molecule has 0 bridgehead atoms. The molecule has 0 spiro atoms. The lowest BCUT2D eigenvalue weighted by atomic mass is 9.92. The van der Waals surface area contributed by atoms with Crippen LogP contribution in [0.15, 0.2) is 12.1 Å². The van der Waals surface area contributed by atoms with Crippen LogP contribution < -0.4 is 15.0 Å². The van der Waals surface area contributed by atoms with E-state index >= 15 is 0 Å². The second-order valence-electron chi connectivity index (χ2n) is 5.89. The minimum absolute atomic E-state index is 0.0797. The van der Waals surface area contributed by atoms with Crippen LogP contribution in [0, 0.1) is 0 Å². The molecule has 0 radical (unpaired) electrons. The topological polar surface area (TPSA) is 86.4 Å². The fourth-order valence-corrected chi connectivity index (χ4v) is 3.14. The van der Waals surface area contributed by atoms with Crippen LogP contribution >= 0.6 is 0 Å². The van der Waals surface area contributed by atoms with Crippen molar-refractivity contribution in [2.45, 2.75) is 25.5 Å². The highest BCUT2D eigenvalue weighted by Crippen LogP contribution is 2.32. The van der Waals surface area contributed by atoms with Crippen LogP contribution in [0.4, 0.5) is 0 Å². The van der Waals surface area contributed by atoms with Crippen molar-refractivity contribution in [3.63, 3.8) is 0 Å². The lowest BCUT2D eigenvalue weighted by Gasteiger charge is -2.33. The number of phenolic OH excluding ortho intramolecular Hbond substituents is 1. The molecule has 3 unspecified atom stereocenters. The summed E-state index contributed by atoms with van der Waals surface area (Å²) in [6.07, 6.45) is 0.438. The number of hydrogen-bond acceptors (Lipinski definition) is 5. The maximum absolute atomic E-state index is 10.1. The quantitative estimate of drug-likeness (QED) is 0.410. The van der Waals surface area contributed by atoms with Crippen molar-refractivity contribution < 1.29 is 25.0 Å². The molecule has 1 aromatic carbocycles. The van der Waals surface area contributed by atoms with Crippen molar-refractivity contribution in [2.24, 2.45) is 0 Å². The summed E-state index contributed by atoms with van der Waals surface area (Å²) in [5.74, 6) is 0.683. The second-order valence-corrected chi connectivity index (χ2v) is 5.89. The molecule has 6 heteroatoms. The number of methoxy groups -OCH3 is 1. The first-order valence-corrected chi connectivity index (χ1v) is 7.80. The first kappa shape index (κ1) is 17.0. The standard InChI is InChI=1S/C16H26N2O4/c1-11-14-8-16(22-2)15(21)7-12(14)3-5-18(11)10-13(20)9-17-4-6-19/h7-8,11,13,17,19-21H,3-6,9-10H2,1-2H3/p+1. The monoisotopic (exact) mass is 311 g/mol. The predicted molar refractivity (Wildman–Crippen MR) is 83.4 cm³/mol. The summed E-state index contributed by atoms with van der Waals surface area (Å²) in [4.78, 5) is 1.32. The second kappa shape index (κ2) is 7.78. The fraction of sp³-hybridized carbons (Fsp3) is 0.625. The van der Waals surface area contributed by atoms with Gasteiger partial charge in [-0.15, -0.1) is 0 Å². The summed E-state index contributed by atoms with van der Waals surface area (Å²) in [6.45, 7) is 4.79. The van der Waals surface area contributed by atoms with E-state index in [0.29, 0.717) is 25.4 Å². The average molecular weight is 311 g/mol. The maximum Gasteiger partial charge on any atom is 0.161 e. The van der Waals surface area contributed by atoms with E-state index in [1.807, 2.05) is 6.07 Å². The van der Waals surface area contributed by atoms with E-state index in [1.54, 1.807) is 13.2 Å². The molecule has 1 aromatic rings. The Morgan fingerprint density at radius 1 is 1.45 bits per heavy atom. The molecule has 1 heterocycles. The van der Waals surface area contributed by atoms with E-state index in [2.05, 4.69) is 12.2 Å². The van der Waals surface area contributed by atoms with Crippen LogP contribution in [0.5, 0.6) is 11.5 Å². The summed E-state index contributed by atoms with van der Waals surface area (Å²) in [5.41, 5.74) is 2.33. The van der Waals surface area contributed by atoms with Gasteiger partial charge in [-0.2, -0.15) is 0 Å². The third-order valence-electron chi connectivity index (χ3n) is 4.40. The Morgan fingerprint density at radius 3 is 2.91 bits per heavy atom. The Hall–Kier alpha value is -1.34. The van der Waals surface area contributed by atoms with Gasteiger partial charge in [0.1, 0.15) is 18.7 Å². The number of ether oxygens (including phenoxy) is 1. The molecule has 124 valence electrons. The third kappa shape index (κ3) is 3.89. The molecule has 3 atom stereocenters. The van der Waals surface area contributed by atoms with E-state index < -0.39 is 6.10 Å². The lowest BCUT2D eigenvalue weighted by molar-refractivity contribution is -0.934. The largest absolute Gasteiger partial charge is 0.504 e. The third-order valence-corrected chi connectivity index (χ3v) is 4.40. The molecule has 0 amide bonds. The van der Waals surface area contributed by atoms with Crippen LogP contribution in [0.3, 0.4) is 0 Å². The lowest BCUT2D eigenvalue weighted by Crippen LogP contribution is -3.14. The highest BCUT2D eigenvalue weighted by atomic mass is 16.5. The summed E-state index contributed by atoms with van der Waals surface area (Å²) in [5, 5.41) is 31.8. The van der Waals surface area contributed by atoms with Crippen LogP contribution in [0.1, 0.15) is 24.1 Å². The Labute approximate surface area is 131 Å². The molecule has 0 aliphatic carbocycles. The highest BCUT2D eigenvalue weighted by molar-refractivity contribution is 5.47. The van der Waals surface area contributed by atoms with Crippen molar-refractivity contribution in [1.29, 1.82) is 0 Å². The molecule has 1 aliphatic rings. The number of aromatic hydroxyl groups is 1. The molecule has 6 nitrogen and oxygen atoms in total. The van der Waals surface area contributed by atoms with Crippen molar-refractivity contribution in [1.82, 2.24) is 5.32 Å². The van der Waals surface area contributed by atoms with E-state index in [0.717, 1.165) is 18.5 Å². The molecule has 0 fully saturated rings. The van der Waals surface area contributed by atoms with Crippen LogP contribution in [0.25, 0.3) is 0 Å². The van der Waals surface area contributed by atoms with Gasteiger partial charge in [0.2, 0.25) is 0 Å². The van der Waals surface area contributed by atoms with Gasteiger partial charge in [-0.25, -0.2) is 0 Å². The SMILES string of the molecule is COc1cc2c(cc1O)CC[NH+](CC(O)CNCCO)C2C. The van der Waals surface area contributed by atoms with Gasteiger partial charge < -0.3 is 30.3 Å². The molecule has 22 heavy (non-hydrogen) atoms. The van der Waals surface area contributed by atoms with Gasteiger partial charge in [0, 0.05) is 25.1 Å². The first-order chi connectivity index (χ1) is 10.6. The fourth-order valence-electron chi connectivity index (χ4n) is 3.14. The summed E-state index contributed by atoms with van der Waals surface area (Å²) in [7, 11) is 1.55. The summed E-state index contributed by atoms with van der Waals surface area (Å²) < 4.78 is 5.20. The Morgan fingerprint density at radius 2 is 2.23 bits per heavy atom. The number of rotatable bonds is 7. The minimum Gasteiger partial charge on any atom is -0.504 e. The Kier molecular flexibility index (Phi) is 6.02. The number of aliphatic hydroxyl groups excluding tert-OH is 2. The molecule has 0 saturated heterocycles. The van der Waals surface area contributed by atoms with Gasteiger partial charge in [0.15, 0.2) is 11.5 Å². The molecule has 0 saturated carbocycles. The zero-order valence-electron chi connectivity index (χ0n) is 13.3. The summed E-state index contributed by atoms with van der Waals surface area (Å²) in [6, 6.07) is 3.94. The number of phenols is 1. The highest BCUT2D eigenvalue weighted by Gasteiger charge is 2.30. The molecular formula is C16H27N2O4+. The van der Waals surface area contributed by atoms with Crippen LogP contribution in [0.2, 0.25) is 0 Å². The number of hydrogen-bond donors (Lipinski definition) is 5. The molecule has 0 aromatic heterocycles. The van der Waals surface area contributed by atoms with Crippen LogP contribution in [-0.4, -0.2) is 61.3 Å². The molecular weight excluding hydrogens is 284 g/mol. The Bertz CT molecular complexity index is 495. The van der Waals surface area contributed by atoms with E-state index in [9.17, 15) is 10.2 Å². The number of nitrogens with one attached hydrogen (secondary N) is 2. The van der Waals surface area contributed by atoms with Gasteiger partial charge in [-0.3, -0.25) is 0 Å². The van der Waals surface area contributed by atoms with Gasteiger partial charge >= 0.3 is 0 Å². The van der Waals surface area contributed by atoms with Gasteiger partial charge in [-0.1, -0.05) is 0 Å². The molecule has 5 N–H and O–H groups in total. The number of fused-ring (bicyclic) bond motifs is 1. The predicted octanol–water partition coefficient (Wildman–Crippen LogP) is -1.15. The van der Waals surface area contributed by atoms with Crippen molar-refractivity contribution >= 4 is 0 Å². The average Bonchev–Trinajstić information content (AvgIpc) is 2.50. The van der Waals surface area contributed by atoms with E-state index in [1.165, 1.54) is 10.5 Å². The summed E-state index contributed by atoms with van der Waals surface area (Å²) >= 11 is 0. The molecule has 2 rings (SSSR count). The first-order valence-electron chi connectivity index (χ1n) is 7.80.